The molecule has 2 aliphatic carbocycles. The number of halogens is 1. The van der Waals surface area contributed by atoms with Crippen molar-refractivity contribution in [3.63, 3.8) is 0 Å². The molecule has 5 heteroatoms. The maximum atomic E-state index is 5.89. The molecule has 3 nitrogen and oxygen atoms in total. The first-order valence-electron chi connectivity index (χ1n) is 5.07. The summed E-state index contributed by atoms with van der Waals surface area (Å²) in [7, 11) is 0. The van der Waals surface area contributed by atoms with Crippen LogP contribution in [0.2, 0.25) is 5.15 Å². The molecule has 2 saturated carbocycles. The van der Waals surface area contributed by atoms with E-state index in [2.05, 4.69) is 14.1 Å². The zero-order chi connectivity index (χ0) is 9.54. The molecule has 0 radical (unpaired) electrons. The number of anilines is 1. The fraction of sp³-hybridized carbons (Fsp3) is 0.778. The molecular weight excluding hydrogens is 218 g/mol. The van der Waals surface area contributed by atoms with Crippen LogP contribution >= 0.6 is 23.3 Å². The first-order valence-corrected chi connectivity index (χ1v) is 6.18. The van der Waals surface area contributed by atoms with Crippen LogP contribution in [-0.4, -0.2) is 14.8 Å². The van der Waals surface area contributed by atoms with Crippen molar-refractivity contribution in [2.24, 2.45) is 11.8 Å². The van der Waals surface area contributed by atoms with Crippen molar-refractivity contribution in [2.75, 3.05) is 5.32 Å². The lowest BCUT2D eigenvalue weighted by Gasteiger charge is -2.22. The van der Waals surface area contributed by atoms with E-state index in [0.29, 0.717) is 11.2 Å². The van der Waals surface area contributed by atoms with E-state index in [4.69, 9.17) is 11.6 Å². The molecule has 76 valence electrons. The fourth-order valence-corrected chi connectivity index (χ4v) is 3.52. The Kier molecular flexibility index (Phi) is 2.13. The molecule has 1 heterocycles. The molecule has 2 aliphatic rings. The lowest BCUT2D eigenvalue weighted by atomic mass is 9.95. The van der Waals surface area contributed by atoms with Crippen LogP contribution in [0.15, 0.2) is 0 Å². The average molecular weight is 230 g/mol. The number of aromatic nitrogens is 2. The molecule has 0 saturated heterocycles. The lowest BCUT2D eigenvalue weighted by Crippen LogP contribution is -2.26. The average Bonchev–Trinajstić information content (AvgIpc) is 2.83. The third-order valence-corrected chi connectivity index (χ3v) is 4.40. The van der Waals surface area contributed by atoms with E-state index in [-0.39, 0.29) is 0 Å². The quantitative estimate of drug-likeness (QED) is 0.848. The van der Waals surface area contributed by atoms with Crippen molar-refractivity contribution in [2.45, 2.75) is 31.7 Å². The highest BCUT2D eigenvalue weighted by Crippen LogP contribution is 2.45. The molecule has 1 N–H and O–H groups in total. The SMILES string of the molecule is Clc1nsnc1NC1CC2CCC1C2. The minimum Gasteiger partial charge on any atom is -0.364 e. The van der Waals surface area contributed by atoms with Gasteiger partial charge < -0.3 is 5.32 Å². The normalized spacial score (nSPS) is 35.1. The van der Waals surface area contributed by atoms with E-state index in [1.165, 1.54) is 37.4 Å². The van der Waals surface area contributed by atoms with Gasteiger partial charge in [0.25, 0.3) is 0 Å². The van der Waals surface area contributed by atoms with Gasteiger partial charge in [-0.25, -0.2) is 0 Å². The zero-order valence-corrected chi connectivity index (χ0v) is 9.31. The van der Waals surface area contributed by atoms with Crippen LogP contribution in [-0.2, 0) is 0 Å². The Labute approximate surface area is 92.2 Å². The summed E-state index contributed by atoms with van der Waals surface area (Å²) in [4.78, 5) is 0. The van der Waals surface area contributed by atoms with E-state index in [1.807, 2.05) is 0 Å². The van der Waals surface area contributed by atoms with Crippen molar-refractivity contribution >= 4 is 29.1 Å². The lowest BCUT2D eigenvalue weighted by molar-refractivity contribution is 0.439. The second-order valence-corrected chi connectivity index (χ2v) is 5.22. The molecule has 1 aromatic heterocycles. The molecule has 2 bridgehead atoms. The van der Waals surface area contributed by atoms with Crippen LogP contribution < -0.4 is 5.32 Å². The summed E-state index contributed by atoms with van der Waals surface area (Å²) in [5.41, 5.74) is 0. The molecule has 0 aliphatic heterocycles. The maximum absolute atomic E-state index is 5.89. The van der Waals surface area contributed by atoms with Gasteiger partial charge in [0.2, 0.25) is 0 Å². The molecule has 3 rings (SSSR count). The monoisotopic (exact) mass is 229 g/mol. The van der Waals surface area contributed by atoms with Crippen molar-refractivity contribution in [1.29, 1.82) is 0 Å². The van der Waals surface area contributed by atoms with Gasteiger partial charge in [0.05, 0.1) is 11.7 Å². The second kappa shape index (κ2) is 3.35. The van der Waals surface area contributed by atoms with Gasteiger partial charge in [0, 0.05) is 6.04 Å². The van der Waals surface area contributed by atoms with Gasteiger partial charge in [-0.3, -0.25) is 0 Å². The predicted molar refractivity (Wildman–Crippen MR) is 57.8 cm³/mol. The van der Waals surface area contributed by atoms with Gasteiger partial charge in [-0.1, -0.05) is 18.0 Å². The zero-order valence-electron chi connectivity index (χ0n) is 7.74. The highest BCUT2D eigenvalue weighted by molar-refractivity contribution is 6.99. The molecule has 3 atom stereocenters. The van der Waals surface area contributed by atoms with Crippen molar-refractivity contribution in [3.05, 3.63) is 5.15 Å². The number of nitrogens with zero attached hydrogens (tertiary/aromatic N) is 2. The summed E-state index contributed by atoms with van der Waals surface area (Å²) in [5, 5.41) is 3.95. The third kappa shape index (κ3) is 1.41. The Morgan fingerprint density at radius 1 is 1.29 bits per heavy atom. The summed E-state index contributed by atoms with van der Waals surface area (Å²) in [6.45, 7) is 0. The molecule has 2 fully saturated rings. The van der Waals surface area contributed by atoms with Crippen LogP contribution in [0.3, 0.4) is 0 Å². The standard InChI is InChI=1S/C9H12ClN3S/c10-8-9(13-14-12-8)11-7-4-5-1-2-6(7)3-5/h5-7H,1-4H2,(H,11,13). The number of fused-ring (bicyclic) bond motifs is 2. The molecule has 0 aromatic carbocycles. The molecule has 1 aromatic rings. The summed E-state index contributed by atoms with van der Waals surface area (Å²) < 4.78 is 8.10. The number of hydrogen-bond acceptors (Lipinski definition) is 4. The van der Waals surface area contributed by atoms with E-state index in [0.717, 1.165) is 17.7 Å². The summed E-state index contributed by atoms with van der Waals surface area (Å²) in [5.74, 6) is 2.58. The van der Waals surface area contributed by atoms with Crippen molar-refractivity contribution in [1.82, 2.24) is 8.75 Å². The molecule has 0 spiro atoms. The fourth-order valence-electron chi connectivity index (χ4n) is 2.86. The molecular formula is C9H12ClN3S. The van der Waals surface area contributed by atoms with Crippen LogP contribution in [0.25, 0.3) is 0 Å². The second-order valence-electron chi connectivity index (χ2n) is 4.33. The minimum absolute atomic E-state index is 0.526. The highest BCUT2D eigenvalue weighted by atomic mass is 35.5. The van der Waals surface area contributed by atoms with E-state index in [9.17, 15) is 0 Å². The molecule has 3 unspecified atom stereocenters. The van der Waals surface area contributed by atoms with Crippen molar-refractivity contribution in [3.8, 4) is 0 Å². The number of hydrogen-bond donors (Lipinski definition) is 1. The first kappa shape index (κ1) is 8.92. The Balaban J connectivity index is 1.71. The van der Waals surface area contributed by atoms with E-state index in [1.54, 1.807) is 0 Å². The van der Waals surface area contributed by atoms with Gasteiger partial charge in [0.1, 0.15) is 0 Å². The topological polar surface area (TPSA) is 37.8 Å². The Hall–Kier alpha value is -0.350. The number of rotatable bonds is 2. The van der Waals surface area contributed by atoms with Crippen LogP contribution in [0.5, 0.6) is 0 Å². The molecule has 0 amide bonds. The smallest absolute Gasteiger partial charge is 0.186 e. The van der Waals surface area contributed by atoms with Gasteiger partial charge >= 0.3 is 0 Å². The Bertz CT molecular complexity index is 341. The van der Waals surface area contributed by atoms with Crippen LogP contribution in [0.1, 0.15) is 25.7 Å². The number of nitrogens with one attached hydrogen (secondary N) is 1. The van der Waals surface area contributed by atoms with Gasteiger partial charge in [-0.2, -0.15) is 8.75 Å². The van der Waals surface area contributed by atoms with E-state index < -0.39 is 0 Å². The van der Waals surface area contributed by atoms with Crippen LogP contribution in [0.4, 0.5) is 5.82 Å². The Morgan fingerprint density at radius 3 is 2.79 bits per heavy atom. The van der Waals surface area contributed by atoms with Crippen molar-refractivity contribution < 1.29 is 0 Å². The van der Waals surface area contributed by atoms with Crippen LogP contribution in [0, 0.1) is 11.8 Å². The summed E-state index contributed by atoms with van der Waals surface area (Å²) in [6, 6.07) is 0.593. The van der Waals surface area contributed by atoms with E-state index >= 15 is 0 Å². The first-order chi connectivity index (χ1) is 6.83. The molecule has 14 heavy (non-hydrogen) atoms. The largest absolute Gasteiger partial charge is 0.364 e. The minimum atomic E-state index is 0.526. The third-order valence-electron chi connectivity index (χ3n) is 3.51. The predicted octanol–water partition coefficient (Wildman–Crippen LogP) is 2.79. The van der Waals surface area contributed by atoms with Gasteiger partial charge in [-0.05, 0) is 31.1 Å². The summed E-state index contributed by atoms with van der Waals surface area (Å²) in [6.07, 6.45) is 5.48. The van der Waals surface area contributed by atoms with Gasteiger partial charge in [-0.15, -0.1) is 0 Å². The van der Waals surface area contributed by atoms with Gasteiger partial charge in [0.15, 0.2) is 11.0 Å². The Morgan fingerprint density at radius 2 is 2.21 bits per heavy atom. The maximum Gasteiger partial charge on any atom is 0.186 e. The summed E-state index contributed by atoms with van der Waals surface area (Å²) >= 11 is 7.07. The highest BCUT2D eigenvalue weighted by Gasteiger charge is 2.39.